The molecular weight excluding hydrogens is 348 g/mol. The average molecular weight is 370 g/mol. The van der Waals surface area contributed by atoms with Crippen molar-refractivity contribution in [3.05, 3.63) is 58.7 Å². The topological polar surface area (TPSA) is 107 Å². The van der Waals surface area contributed by atoms with E-state index in [9.17, 15) is 25.2 Å². The van der Waals surface area contributed by atoms with Crippen molar-refractivity contribution in [2.24, 2.45) is 0 Å². The first-order valence-electron chi connectivity index (χ1n) is 8.24. The molecule has 0 aliphatic heterocycles. The zero-order chi connectivity index (χ0) is 20.1. The summed E-state index contributed by atoms with van der Waals surface area (Å²) < 4.78 is 5.13. The van der Waals surface area contributed by atoms with Gasteiger partial charge in [-0.15, -0.1) is 0 Å². The van der Waals surface area contributed by atoms with Crippen molar-refractivity contribution in [2.45, 2.75) is 20.3 Å². The van der Waals surface area contributed by atoms with Crippen molar-refractivity contribution in [3.63, 3.8) is 0 Å². The standard InChI is InChI=1S/C21H22O6/c1-12(2)4-8-15-18(25)11-19(27-3)20(21(15)26)16(23)9-6-13-5-7-14(22)10-17(13)24/h4-7,9-11,22,24-26H,8H2,1-3H3/b9-6+. The number of carbonyl (C=O) groups excluding carboxylic acids is 1. The Balaban J connectivity index is 2.46. The highest BCUT2D eigenvalue weighted by atomic mass is 16.5. The van der Waals surface area contributed by atoms with Gasteiger partial charge in [0.2, 0.25) is 0 Å². The molecule has 0 spiro atoms. The van der Waals surface area contributed by atoms with E-state index in [0.717, 1.165) is 11.6 Å². The van der Waals surface area contributed by atoms with E-state index in [4.69, 9.17) is 4.74 Å². The molecule has 0 radical (unpaired) electrons. The first kappa shape index (κ1) is 19.9. The molecule has 0 aliphatic carbocycles. The van der Waals surface area contributed by atoms with Gasteiger partial charge in [-0.1, -0.05) is 11.6 Å². The number of phenolic OH excluding ortho intramolecular Hbond substituents is 4. The fourth-order valence-corrected chi connectivity index (χ4v) is 2.50. The van der Waals surface area contributed by atoms with Crippen LogP contribution in [0.4, 0.5) is 0 Å². The van der Waals surface area contributed by atoms with Crippen molar-refractivity contribution in [1.29, 1.82) is 0 Å². The van der Waals surface area contributed by atoms with E-state index in [1.807, 2.05) is 19.9 Å². The number of methoxy groups -OCH3 is 1. The SMILES string of the molecule is COc1cc(O)c(CC=C(C)C)c(O)c1C(=O)/C=C/c1ccc(O)cc1O. The molecule has 0 unspecified atom stereocenters. The summed E-state index contributed by atoms with van der Waals surface area (Å²) >= 11 is 0. The zero-order valence-electron chi connectivity index (χ0n) is 15.4. The van der Waals surface area contributed by atoms with E-state index >= 15 is 0 Å². The van der Waals surface area contributed by atoms with Crippen LogP contribution < -0.4 is 4.74 Å². The van der Waals surface area contributed by atoms with E-state index in [1.165, 1.54) is 37.5 Å². The van der Waals surface area contributed by atoms with E-state index in [-0.39, 0.29) is 46.3 Å². The normalized spacial score (nSPS) is 10.8. The minimum Gasteiger partial charge on any atom is -0.508 e. The lowest BCUT2D eigenvalue weighted by Crippen LogP contribution is -2.02. The quantitative estimate of drug-likeness (QED) is 0.349. The van der Waals surface area contributed by atoms with Crippen LogP contribution in [0.1, 0.15) is 35.3 Å². The van der Waals surface area contributed by atoms with Crippen LogP contribution >= 0.6 is 0 Å². The van der Waals surface area contributed by atoms with Gasteiger partial charge in [0.15, 0.2) is 5.78 Å². The molecule has 0 aromatic heterocycles. The van der Waals surface area contributed by atoms with Gasteiger partial charge in [-0.2, -0.15) is 0 Å². The number of benzene rings is 2. The Morgan fingerprint density at radius 2 is 1.78 bits per heavy atom. The van der Waals surface area contributed by atoms with Crippen molar-refractivity contribution in [1.82, 2.24) is 0 Å². The lowest BCUT2D eigenvalue weighted by Gasteiger charge is -2.13. The lowest BCUT2D eigenvalue weighted by atomic mass is 9.99. The maximum atomic E-state index is 12.6. The summed E-state index contributed by atoms with van der Waals surface area (Å²) in [4.78, 5) is 12.6. The van der Waals surface area contributed by atoms with Crippen LogP contribution in [0.15, 0.2) is 42.0 Å². The van der Waals surface area contributed by atoms with E-state index < -0.39 is 5.78 Å². The monoisotopic (exact) mass is 370 g/mol. The number of hydrogen-bond donors (Lipinski definition) is 4. The van der Waals surface area contributed by atoms with Crippen LogP contribution in [-0.2, 0) is 6.42 Å². The van der Waals surface area contributed by atoms with Gasteiger partial charge in [0, 0.05) is 23.3 Å². The van der Waals surface area contributed by atoms with Gasteiger partial charge in [0.05, 0.1) is 7.11 Å². The zero-order valence-corrected chi connectivity index (χ0v) is 15.4. The van der Waals surface area contributed by atoms with Crippen LogP contribution in [0.2, 0.25) is 0 Å². The van der Waals surface area contributed by atoms with Gasteiger partial charge in [-0.25, -0.2) is 0 Å². The van der Waals surface area contributed by atoms with Gasteiger partial charge < -0.3 is 25.2 Å². The van der Waals surface area contributed by atoms with Crippen LogP contribution in [0.25, 0.3) is 6.08 Å². The molecular formula is C21H22O6. The van der Waals surface area contributed by atoms with Crippen LogP contribution in [-0.4, -0.2) is 33.3 Å². The van der Waals surface area contributed by atoms with Crippen molar-refractivity contribution in [2.75, 3.05) is 7.11 Å². The van der Waals surface area contributed by atoms with Crippen LogP contribution in [0.3, 0.4) is 0 Å². The van der Waals surface area contributed by atoms with Gasteiger partial charge >= 0.3 is 0 Å². The first-order valence-corrected chi connectivity index (χ1v) is 8.24. The molecule has 27 heavy (non-hydrogen) atoms. The number of ketones is 1. The molecule has 0 bridgehead atoms. The van der Waals surface area contributed by atoms with Crippen molar-refractivity contribution in [3.8, 4) is 28.7 Å². The van der Waals surface area contributed by atoms with Crippen LogP contribution in [0.5, 0.6) is 28.7 Å². The summed E-state index contributed by atoms with van der Waals surface area (Å²) in [5.74, 6) is -1.33. The molecule has 2 aromatic carbocycles. The minimum atomic E-state index is -0.560. The smallest absolute Gasteiger partial charge is 0.193 e. The molecule has 4 N–H and O–H groups in total. The third-order valence-corrected chi connectivity index (χ3v) is 3.96. The summed E-state index contributed by atoms with van der Waals surface area (Å²) in [5.41, 5.74) is 1.46. The van der Waals surface area contributed by atoms with Gasteiger partial charge in [-0.05, 0) is 44.6 Å². The fraction of sp³-hybridized carbons (Fsp3) is 0.190. The van der Waals surface area contributed by atoms with E-state index in [1.54, 1.807) is 0 Å². The summed E-state index contributed by atoms with van der Waals surface area (Å²) in [6, 6.07) is 5.26. The summed E-state index contributed by atoms with van der Waals surface area (Å²) in [7, 11) is 1.33. The number of allylic oxidation sites excluding steroid dienone is 3. The Morgan fingerprint density at radius 3 is 2.37 bits per heavy atom. The Morgan fingerprint density at radius 1 is 1.07 bits per heavy atom. The summed E-state index contributed by atoms with van der Waals surface area (Å²) in [6.07, 6.45) is 4.61. The highest BCUT2D eigenvalue weighted by molar-refractivity contribution is 6.11. The molecule has 6 nitrogen and oxygen atoms in total. The van der Waals surface area contributed by atoms with Gasteiger partial charge in [-0.3, -0.25) is 4.79 Å². The highest BCUT2D eigenvalue weighted by Crippen LogP contribution is 2.39. The van der Waals surface area contributed by atoms with Crippen molar-refractivity contribution >= 4 is 11.9 Å². The Bertz CT molecular complexity index is 921. The second-order valence-electron chi connectivity index (χ2n) is 6.23. The molecule has 0 aliphatic rings. The molecule has 0 atom stereocenters. The molecule has 0 saturated carbocycles. The number of ether oxygens (including phenoxy) is 1. The molecule has 6 heteroatoms. The third kappa shape index (κ3) is 4.61. The van der Waals surface area contributed by atoms with E-state index in [2.05, 4.69) is 0 Å². The highest BCUT2D eigenvalue weighted by Gasteiger charge is 2.21. The lowest BCUT2D eigenvalue weighted by molar-refractivity contribution is 0.104. The number of rotatable bonds is 6. The largest absolute Gasteiger partial charge is 0.508 e. The van der Waals surface area contributed by atoms with E-state index in [0.29, 0.717) is 5.56 Å². The summed E-state index contributed by atoms with van der Waals surface area (Å²) in [5, 5.41) is 39.8. The number of hydrogen-bond acceptors (Lipinski definition) is 6. The minimum absolute atomic E-state index is 0.0375. The van der Waals surface area contributed by atoms with Gasteiger partial charge in [0.25, 0.3) is 0 Å². The second-order valence-corrected chi connectivity index (χ2v) is 6.23. The average Bonchev–Trinajstić information content (AvgIpc) is 2.59. The van der Waals surface area contributed by atoms with Gasteiger partial charge in [0.1, 0.15) is 34.3 Å². The molecule has 0 fully saturated rings. The second kappa shape index (κ2) is 8.31. The molecule has 0 saturated heterocycles. The fourth-order valence-electron chi connectivity index (χ4n) is 2.50. The molecule has 0 heterocycles. The number of aromatic hydroxyl groups is 4. The Hall–Kier alpha value is -3.41. The first-order chi connectivity index (χ1) is 12.7. The van der Waals surface area contributed by atoms with Crippen LogP contribution in [0, 0.1) is 0 Å². The maximum Gasteiger partial charge on any atom is 0.193 e. The molecule has 0 amide bonds. The Labute approximate surface area is 157 Å². The number of carbonyl (C=O) groups is 1. The maximum absolute atomic E-state index is 12.6. The Kier molecular flexibility index (Phi) is 6.13. The molecule has 2 rings (SSSR count). The molecule has 142 valence electrons. The predicted molar refractivity (Wildman–Crippen MR) is 103 cm³/mol. The summed E-state index contributed by atoms with van der Waals surface area (Å²) in [6.45, 7) is 3.77. The predicted octanol–water partition coefficient (Wildman–Crippen LogP) is 3.92. The number of phenols is 4. The third-order valence-electron chi connectivity index (χ3n) is 3.96. The van der Waals surface area contributed by atoms with Crippen molar-refractivity contribution < 1.29 is 30.0 Å². The molecule has 2 aromatic rings.